The summed E-state index contributed by atoms with van der Waals surface area (Å²) < 4.78 is 66.5. The Kier molecular flexibility index (Phi) is 8.74. The Hall–Kier alpha value is -3.97. The molecule has 4 rings (SSSR count). The van der Waals surface area contributed by atoms with Gasteiger partial charge in [-0.3, -0.25) is 4.79 Å². The van der Waals surface area contributed by atoms with Gasteiger partial charge in [-0.1, -0.05) is 30.3 Å². The van der Waals surface area contributed by atoms with Crippen molar-refractivity contribution >= 4 is 23.8 Å². The lowest BCUT2D eigenvalue weighted by atomic mass is 9.81. The fourth-order valence-corrected chi connectivity index (χ4v) is 4.74. The zero-order valence-corrected chi connectivity index (χ0v) is 21.3. The number of benzene rings is 1. The zero-order chi connectivity index (χ0) is 28.9. The highest BCUT2D eigenvalue weighted by Gasteiger charge is 2.46. The lowest BCUT2D eigenvalue weighted by Crippen LogP contribution is -2.52. The molecule has 0 unspecified atom stereocenters. The molecule has 2 heterocycles. The van der Waals surface area contributed by atoms with Crippen molar-refractivity contribution in [1.29, 1.82) is 0 Å². The first-order valence-electron chi connectivity index (χ1n) is 12.7. The fourth-order valence-electron chi connectivity index (χ4n) is 4.74. The Labute approximate surface area is 226 Å². The molecule has 1 saturated carbocycles. The second-order valence-corrected chi connectivity index (χ2v) is 9.95. The van der Waals surface area contributed by atoms with Crippen LogP contribution in [0.2, 0.25) is 0 Å². The molecule has 4 N–H and O–H groups in total. The van der Waals surface area contributed by atoms with Gasteiger partial charge in [0.25, 0.3) is 0 Å². The Morgan fingerprint density at radius 2 is 1.80 bits per heavy atom. The number of rotatable bonds is 8. The Morgan fingerprint density at radius 3 is 2.45 bits per heavy atom. The molecule has 1 aliphatic heterocycles. The maximum atomic E-state index is 13.8. The molecule has 40 heavy (non-hydrogen) atoms. The van der Waals surface area contributed by atoms with Crippen LogP contribution in [0.3, 0.4) is 0 Å². The number of aromatic nitrogens is 1. The molecule has 0 bridgehead atoms. The number of nitrogens with one attached hydrogen (secondary N) is 4. The summed E-state index contributed by atoms with van der Waals surface area (Å²) in [5, 5.41) is 9.71. The number of alkyl halides is 5. The van der Waals surface area contributed by atoms with Crippen molar-refractivity contribution in [2.75, 3.05) is 11.9 Å². The van der Waals surface area contributed by atoms with Gasteiger partial charge in [0.05, 0.1) is 6.54 Å². The van der Waals surface area contributed by atoms with Gasteiger partial charge in [0, 0.05) is 32.1 Å². The van der Waals surface area contributed by atoms with E-state index in [0.717, 1.165) is 10.5 Å². The van der Waals surface area contributed by atoms with Gasteiger partial charge in [-0.25, -0.2) is 23.4 Å². The summed E-state index contributed by atoms with van der Waals surface area (Å²) in [7, 11) is 0. The van der Waals surface area contributed by atoms with Crippen LogP contribution in [0.5, 0.6) is 0 Å². The minimum absolute atomic E-state index is 0.0158. The van der Waals surface area contributed by atoms with Crippen LogP contribution >= 0.6 is 0 Å². The minimum atomic E-state index is -4.58. The monoisotopic (exact) mass is 568 g/mol. The van der Waals surface area contributed by atoms with Crippen LogP contribution in [0.15, 0.2) is 48.7 Å². The number of hydrogen-bond donors (Lipinski definition) is 4. The summed E-state index contributed by atoms with van der Waals surface area (Å²) in [4.78, 5) is 42.9. The topological polar surface area (TPSA) is 115 Å². The van der Waals surface area contributed by atoms with Gasteiger partial charge in [-0.15, -0.1) is 0 Å². The van der Waals surface area contributed by atoms with Crippen LogP contribution in [0.1, 0.15) is 36.8 Å². The molecule has 0 radical (unpaired) electrons. The van der Waals surface area contributed by atoms with E-state index in [4.69, 9.17) is 0 Å². The second kappa shape index (κ2) is 12.0. The number of carbonyl (C=O) groups excluding carboxylic acids is 3. The molecule has 1 aromatic carbocycles. The summed E-state index contributed by atoms with van der Waals surface area (Å²) in [6, 6.07) is 7.28. The van der Waals surface area contributed by atoms with Gasteiger partial charge < -0.3 is 26.2 Å². The SMILES string of the molecule is O=C(NCc1ccccc1)N[C@H](C(=O)Nc1cc(CN2C[C@@H](C(F)(F)F)NC2=O)ccn1)C1CCC(F)(F)CC1. The molecular weight excluding hydrogens is 539 g/mol. The lowest BCUT2D eigenvalue weighted by Gasteiger charge is -2.33. The third kappa shape index (κ3) is 7.79. The van der Waals surface area contributed by atoms with E-state index < -0.39 is 67.5 Å². The van der Waals surface area contributed by atoms with Crippen LogP contribution < -0.4 is 21.3 Å². The number of nitrogens with zero attached hydrogens (tertiary/aromatic N) is 2. The number of carbonyl (C=O) groups is 3. The third-order valence-corrected chi connectivity index (χ3v) is 6.93. The van der Waals surface area contributed by atoms with Gasteiger partial charge in [-0.05, 0) is 42.0 Å². The van der Waals surface area contributed by atoms with Gasteiger partial charge in [-0.2, -0.15) is 13.2 Å². The largest absolute Gasteiger partial charge is 0.410 e. The second-order valence-electron chi connectivity index (χ2n) is 9.95. The number of amides is 5. The van der Waals surface area contributed by atoms with E-state index >= 15 is 0 Å². The smallest absolute Gasteiger partial charge is 0.334 e. The highest BCUT2D eigenvalue weighted by Crippen LogP contribution is 2.37. The van der Waals surface area contributed by atoms with E-state index in [-0.39, 0.29) is 31.7 Å². The number of hydrogen-bond acceptors (Lipinski definition) is 4. The van der Waals surface area contributed by atoms with Gasteiger partial charge in [0.1, 0.15) is 17.9 Å². The Bertz CT molecular complexity index is 1200. The summed E-state index contributed by atoms with van der Waals surface area (Å²) in [5.41, 5.74) is 1.23. The van der Waals surface area contributed by atoms with Gasteiger partial charge in [0.15, 0.2) is 0 Å². The summed E-state index contributed by atoms with van der Waals surface area (Å²) >= 11 is 0. The van der Waals surface area contributed by atoms with Crippen LogP contribution in [-0.2, 0) is 17.9 Å². The molecule has 2 fully saturated rings. The van der Waals surface area contributed by atoms with Crippen molar-refractivity contribution in [3.8, 4) is 0 Å². The molecule has 2 aromatic rings. The van der Waals surface area contributed by atoms with Crippen molar-refractivity contribution in [2.24, 2.45) is 5.92 Å². The molecule has 14 heteroatoms. The van der Waals surface area contributed by atoms with E-state index in [1.165, 1.54) is 18.3 Å². The van der Waals surface area contributed by atoms with Crippen LogP contribution in [0.25, 0.3) is 0 Å². The molecule has 0 spiro atoms. The molecule has 5 amide bonds. The van der Waals surface area contributed by atoms with Gasteiger partial charge in [0.2, 0.25) is 11.8 Å². The van der Waals surface area contributed by atoms with Crippen molar-refractivity contribution < 1.29 is 36.3 Å². The van der Waals surface area contributed by atoms with E-state index in [2.05, 4.69) is 20.9 Å². The van der Waals surface area contributed by atoms with E-state index in [9.17, 15) is 36.3 Å². The summed E-state index contributed by atoms with van der Waals surface area (Å²) in [5.74, 6) is -4.04. The lowest BCUT2D eigenvalue weighted by molar-refractivity contribution is -0.149. The molecule has 2 aliphatic rings. The minimum Gasteiger partial charge on any atom is -0.334 e. The number of pyridine rings is 1. The van der Waals surface area contributed by atoms with E-state index in [0.29, 0.717) is 5.56 Å². The zero-order valence-electron chi connectivity index (χ0n) is 21.3. The predicted octanol–water partition coefficient (Wildman–Crippen LogP) is 4.17. The van der Waals surface area contributed by atoms with Crippen LogP contribution in [0.4, 0.5) is 37.4 Å². The molecule has 1 aliphatic carbocycles. The first-order chi connectivity index (χ1) is 18.9. The molecule has 9 nitrogen and oxygen atoms in total. The van der Waals surface area contributed by atoms with Crippen molar-refractivity contribution in [3.05, 3.63) is 59.8 Å². The molecule has 1 aromatic heterocycles. The van der Waals surface area contributed by atoms with E-state index in [1.54, 1.807) is 24.3 Å². The standard InChI is InChI=1S/C26H29F5N6O3/c27-25(28)9-6-18(7-10-25)21(36-23(39)33-13-16-4-2-1-3-5-16)22(38)35-20-12-17(8-11-32-20)14-37-15-19(26(29,30)31)34-24(37)40/h1-5,8,11-12,18-19,21H,6-7,9-10,13-15H2,(H,34,40)(H,32,35,38)(H2,33,36,39)/t19-,21-/m0/s1. The first kappa shape index (κ1) is 29.0. The Morgan fingerprint density at radius 1 is 1.10 bits per heavy atom. The average Bonchev–Trinajstić information content (AvgIpc) is 3.27. The van der Waals surface area contributed by atoms with Crippen molar-refractivity contribution in [3.63, 3.8) is 0 Å². The summed E-state index contributed by atoms with van der Waals surface area (Å²) in [6.45, 7) is -0.541. The number of halogens is 5. The molecular formula is C26H29F5N6O3. The molecule has 1 saturated heterocycles. The first-order valence-corrected chi connectivity index (χ1v) is 12.7. The molecule has 216 valence electrons. The Balaban J connectivity index is 1.41. The van der Waals surface area contributed by atoms with Gasteiger partial charge >= 0.3 is 18.2 Å². The predicted molar refractivity (Wildman–Crippen MR) is 134 cm³/mol. The van der Waals surface area contributed by atoms with Crippen LogP contribution in [0, 0.1) is 5.92 Å². The molecule has 2 atom stereocenters. The maximum Gasteiger partial charge on any atom is 0.410 e. The van der Waals surface area contributed by atoms with Crippen LogP contribution in [-0.4, -0.2) is 58.6 Å². The van der Waals surface area contributed by atoms with Crippen molar-refractivity contribution in [1.82, 2.24) is 25.8 Å². The van der Waals surface area contributed by atoms with E-state index in [1.807, 2.05) is 11.4 Å². The van der Waals surface area contributed by atoms with Crippen molar-refractivity contribution in [2.45, 2.75) is 63.0 Å². The normalized spacial score (nSPS) is 20.0. The fraction of sp³-hybridized carbons (Fsp3) is 0.462. The average molecular weight is 569 g/mol. The maximum absolute atomic E-state index is 13.8. The number of urea groups is 2. The highest BCUT2D eigenvalue weighted by molar-refractivity contribution is 5.96. The quantitative estimate of drug-likeness (QED) is 0.358. The third-order valence-electron chi connectivity index (χ3n) is 6.93. The highest BCUT2D eigenvalue weighted by atomic mass is 19.4. The summed E-state index contributed by atoms with van der Waals surface area (Å²) in [6.07, 6.45) is -4.07. The number of anilines is 1.